The topological polar surface area (TPSA) is 46.5 Å². The van der Waals surface area contributed by atoms with E-state index in [2.05, 4.69) is 16.6 Å². The Balaban J connectivity index is 2.95. The number of benzene rings is 1. The van der Waals surface area contributed by atoms with Crippen LogP contribution in [0.25, 0.3) is 0 Å². The number of hydrogen-bond donors (Lipinski definition) is 1. The van der Waals surface area contributed by atoms with E-state index in [-0.39, 0.29) is 12.2 Å². The third-order valence-electron chi connectivity index (χ3n) is 1.70. The van der Waals surface area contributed by atoms with Gasteiger partial charge in [0.05, 0.1) is 19.3 Å². The van der Waals surface area contributed by atoms with Gasteiger partial charge in [0.15, 0.2) is 0 Å². The summed E-state index contributed by atoms with van der Waals surface area (Å²) in [6, 6.07) is 4.10. The molecule has 1 aromatic carbocycles. The number of aliphatic hydroxyl groups is 1. The number of hydrogen-bond acceptors (Lipinski definition) is 3. The zero-order valence-electron chi connectivity index (χ0n) is 8.08. The lowest BCUT2D eigenvalue weighted by atomic mass is 10.1. The largest absolute Gasteiger partial charge is 0.459 e. The molecule has 0 saturated carbocycles. The zero-order chi connectivity index (χ0) is 11.3. The average Bonchev–Trinajstić information content (AvgIpc) is 2.26. The van der Waals surface area contributed by atoms with Crippen molar-refractivity contribution in [1.29, 1.82) is 0 Å². The minimum Gasteiger partial charge on any atom is -0.459 e. The summed E-state index contributed by atoms with van der Waals surface area (Å²) in [6.45, 7) is -0.234. The first-order valence-electron chi connectivity index (χ1n) is 4.16. The molecular weight excluding hydrogens is 199 g/mol. The Hall–Kier alpha value is -1.86. The maximum Gasteiger partial charge on any atom is 0.384 e. The average molecular weight is 208 g/mol. The highest BCUT2D eigenvalue weighted by molar-refractivity contribution is 5.89. The second-order valence-corrected chi connectivity index (χ2v) is 2.71. The summed E-state index contributed by atoms with van der Waals surface area (Å²) < 4.78 is 17.5. The minimum atomic E-state index is -0.722. The lowest BCUT2D eigenvalue weighted by molar-refractivity contribution is -0.133. The van der Waals surface area contributed by atoms with Crippen LogP contribution < -0.4 is 0 Å². The molecule has 0 aliphatic heterocycles. The normalized spacial score (nSPS) is 9.00. The van der Waals surface area contributed by atoms with Gasteiger partial charge >= 0.3 is 5.97 Å². The van der Waals surface area contributed by atoms with E-state index in [4.69, 9.17) is 5.11 Å². The molecule has 0 saturated heterocycles. The molecule has 1 aromatic rings. The number of methoxy groups -OCH3 is 1. The molecule has 4 heteroatoms. The molecule has 1 rings (SSSR count). The van der Waals surface area contributed by atoms with Crippen LogP contribution in [0.5, 0.6) is 0 Å². The molecule has 0 spiro atoms. The number of carbonyl (C=O) groups is 1. The van der Waals surface area contributed by atoms with Crippen molar-refractivity contribution in [2.24, 2.45) is 0 Å². The Kier molecular flexibility index (Phi) is 3.83. The van der Waals surface area contributed by atoms with Crippen LogP contribution in [0, 0.1) is 17.7 Å². The van der Waals surface area contributed by atoms with Crippen molar-refractivity contribution >= 4 is 5.97 Å². The highest BCUT2D eigenvalue weighted by Crippen LogP contribution is 2.09. The fourth-order valence-corrected chi connectivity index (χ4v) is 0.928. The summed E-state index contributed by atoms with van der Waals surface area (Å²) in [7, 11) is 1.20. The molecule has 15 heavy (non-hydrogen) atoms. The molecule has 0 aromatic heterocycles. The van der Waals surface area contributed by atoms with Gasteiger partial charge in [-0.2, -0.15) is 0 Å². The summed E-state index contributed by atoms with van der Waals surface area (Å²) in [5.41, 5.74) is 0.550. The zero-order valence-corrected chi connectivity index (χ0v) is 8.08. The maximum atomic E-state index is 13.2. The Bertz CT molecular complexity index is 429. The van der Waals surface area contributed by atoms with Crippen LogP contribution in [0.4, 0.5) is 4.39 Å². The standard InChI is InChI=1S/C11H9FO3/c1-15-11(14)5-4-9-3-2-8(7-13)6-10(9)12/h2-3,6,13H,7H2,1H3. The van der Waals surface area contributed by atoms with Crippen LogP contribution in [0.1, 0.15) is 11.1 Å². The predicted octanol–water partition coefficient (Wildman–Crippen LogP) is 0.843. The van der Waals surface area contributed by atoms with Crippen molar-refractivity contribution < 1.29 is 19.0 Å². The highest BCUT2D eigenvalue weighted by atomic mass is 19.1. The van der Waals surface area contributed by atoms with E-state index >= 15 is 0 Å². The number of rotatable bonds is 1. The number of aliphatic hydroxyl groups excluding tert-OH is 1. The molecule has 0 atom stereocenters. The molecule has 0 unspecified atom stereocenters. The molecule has 0 amide bonds. The first-order chi connectivity index (χ1) is 7.17. The van der Waals surface area contributed by atoms with Gasteiger partial charge in [-0.25, -0.2) is 9.18 Å². The first kappa shape index (κ1) is 11.2. The van der Waals surface area contributed by atoms with Crippen LogP contribution in [-0.4, -0.2) is 18.2 Å². The molecule has 1 N–H and O–H groups in total. The van der Waals surface area contributed by atoms with E-state index in [1.165, 1.54) is 25.3 Å². The number of esters is 1. The SMILES string of the molecule is COC(=O)C#Cc1ccc(CO)cc1F. The highest BCUT2D eigenvalue weighted by Gasteiger charge is 2.00. The van der Waals surface area contributed by atoms with Crippen molar-refractivity contribution in [3.05, 3.63) is 35.1 Å². The van der Waals surface area contributed by atoms with Crippen molar-refractivity contribution in [2.75, 3.05) is 7.11 Å². The Morgan fingerprint density at radius 2 is 2.33 bits per heavy atom. The molecule has 78 valence electrons. The van der Waals surface area contributed by atoms with E-state index in [0.29, 0.717) is 5.56 Å². The van der Waals surface area contributed by atoms with E-state index in [0.717, 1.165) is 0 Å². The Morgan fingerprint density at radius 1 is 1.60 bits per heavy atom. The van der Waals surface area contributed by atoms with E-state index in [9.17, 15) is 9.18 Å². The fraction of sp³-hybridized carbons (Fsp3) is 0.182. The van der Waals surface area contributed by atoms with Gasteiger partial charge in [0.2, 0.25) is 0 Å². The third-order valence-corrected chi connectivity index (χ3v) is 1.70. The second kappa shape index (κ2) is 5.13. The lowest BCUT2D eigenvalue weighted by Crippen LogP contribution is -1.95. The summed E-state index contributed by atoms with van der Waals surface area (Å²) in [6.07, 6.45) is 0. The molecule has 0 bridgehead atoms. The van der Waals surface area contributed by atoms with Gasteiger partial charge in [0.25, 0.3) is 0 Å². The van der Waals surface area contributed by atoms with Crippen LogP contribution in [0.2, 0.25) is 0 Å². The smallest absolute Gasteiger partial charge is 0.384 e. The van der Waals surface area contributed by atoms with Crippen LogP contribution in [0.15, 0.2) is 18.2 Å². The Labute approximate surface area is 86.5 Å². The number of ether oxygens (including phenoxy) is 1. The van der Waals surface area contributed by atoms with E-state index in [1.54, 1.807) is 0 Å². The van der Waals surface area contributed by atoms with Crippen LogP contribution >= 0.6 is 0 Å². The summed E-state index contributed by atoms with van der Waals surface area (Å²) >= 11 is 0. The maximum absolute atomic E-state index is 13.2. The quantitative estimate of drug-likeness (QED) is 0.549. The van der Waals surface area contributed by atoms with Gasteiger partial charge in [-0.3, -0.25) is 0 Å². The summed E-state index contributed by atoms with van der Waals surface area (Å²) in [5.74, 6) is 3.15. The molecular formula is C11H9FO3. The van der Waals surface area contributed by atoms with Crippen LogP contribution in [0.3, 0.4) is 0 Å². The molecule has 0 aliphatic rings. The number of halogens is 1. The van der Waals surface area contributed by atoms with Gasteiger partial charge in [-0.15, -0.1) is 0 Å². The van der Waals surface area contributed by atoms with E-state index < -0.39 is 11.8 Å². The summed E-state index contributed by atoms with van der Waals surface area (Å²) in [5, 5.41) is 8.73. The predicted molar refractivity (Wildman–Crippen MR) is 51.2 cm³/mol. The lowest BCUT2D eigenvalue weighted by Gasteiger charge is -1.97. The van der Waals surface area contributed by atoms with Crippen molar-refractivity contribution in [3.63, 3.8) is 0 Å². The van der Waals surface area contributed by atoms with Gasteiger partial charge in [0, 0.05) is 5.92 Å². The third kappa shape index (κ3) is 3.08. The van der Waals surface area contributed by atoms with Crippen molar-refractivity contribution in [2.45, 2.75) is 6.61 Å². The molecule has 0 radical (unpaired) electrons. The molecule has 0 aliphatic carbocycles. The monoisotopic (exact) mass is 208 g/mol. The van der Waals surface area contributed by atoms with Crippen molar-refractivity contribution in [1.82, 2.24) is 0 Å². The van der Waals surface area contributed by atoms with Gasteiger partial charge < -0.3 is 9.84 Å². The molecule has 0 heterocycles. The van der Waals surface area contributed by atoms with Crippen molar-refractivity contribution in [3.8, 4) is 11.8 Å². The Morgan fingerprint density at radius 3 is 2.87 bits per heavy atom. The second-order valence-electron chi connectivity index (χ2n) is 2.71. The first-order valence-corrected chi connectivity index (χ1v) is 4.16. The van der Waals surface area contributed by atoms with E-state index in [1.807, 2.05) is 0 Å². The minimum absolute atomic E-state index is 0.0950. The van der Waals surface area contributed by atoms with Crippen LogP contribution in [-0.2, 0) is 16.1 Å². The number of carbonyl (C=O) groups excluding carboxylic acids is 1. The van der Waals surface area contributed by atoms with Gasteiger partial charge in [0.1, 0.15) is 5.82 Å². The molecule has 0 fully saturated rings. The fourth-order valence-electron chi connectivity index (χ4n) is 0.928. The van der Waals surface area contributed by atoms with Gasteiger partial charge in [-0.05, 0) is 17.7 Å². The molecule has 3 nitrogen and oxygen atoms in total. The van der Waals surface area contributed by atoms with Gasteiger partial charge in [-0.1, -0.05) is 12.0 Å². The summed E-state index contributed by atoms with van der Waals surface area (Å²) in [4.78, 5) is 10.7.